The van der Waals surface area contributed by atoms with E-state index in [9.17, 15) is 9.59 Å². The number of aromatic amines is 1. The van der Waals surface area contributed by atoms with Crippen LogP contribution >= 0.6 is 0 Å². The van der Waals surface area contributed by atoms with Crippen molar-refractivity contribution < 1.29 is 9.59 Å². The summed E-state index contributed by atoms with van der Waals surface area (Å²) in [5.74, 6) is -0.703. The number of carbonyl (C=O) groups excluding carboxylic acids is 2. The Labute approximate surface area is 146 Å². The maximum atomic E-state index is 12.2. The van der Waals surface area contributed by atoms with E-state index in [0.717, 1.165) is 22.0 Å². The second-order valence-corrected chi connectivity index (χ2v) is 6.07. The van der Waals surface area contributed by atoms with Crippen LogP contribution in [0.4, 0.5) is 0 Å². The van der Waals surface area contributed by atoms with Gasteiger partial charge in [-0.25, -0.2) is 0 Å². The number of primary amides is 1. The van der Waals surface area contributed by atoms with E-state index in [4.69, 9.17) is 5.73 Å². The molecular formula is C20H21N3O2. The van der Waals surface area contributed by atoms with Gasteiger partial charge in [-0.3, -0.25) is 9.59 Å². The third-order valence-corrected chi connectivity index (χ3v) is 4.26. The number of fused-ring (bicyclic) bond motifs is 1. The third-order valence-electron chi connectivity index (χ3n) is 4.26. The van der Waals surface area contributed by atoms with Gasteiger partial charge in [-0.15, -0.1) is 0 Å². The first-order chi connectivity index (χ1) is 12.1. The highest BCUT2D eigenvalue weighted by Gasteiger charge is 2.20. The van der Waals surface area contributed by atoms with Crippen LogP contribution in [0.5, 0.6) is 0 Å². The number of benzene rings is 2. The molecule has 3 aromatic rings. The quantitative estimate of drug-likeness (QED) is 0.619. The fourth-order valence-corrected chi connectivity index (χ4v) is 2.91. The molecule has 1 heterocycles. The minimum absolute atomic E-state index is 0.174. The van der Waals surface area contributed by atoms with E-state index in [1.807, 2.05) is 60.8 Å². The maximum absolute atomic E-state index is 12.2. The number of carbonyl (C=O) groups is 2. The lowest BCUT2D eigenvalue weighted by Gasteiger charge is -2.15. The normalized spacial score (nSPS) is 12.0. The van der Waals surface area contributed by atoms with Gasteiger partial charge in [0.05, 0.1) is 0 Å². The summed E-state index contributed by atoms with van der Waals surface area (Å²) in [6.45, 7) is 0. The van der Waals surface area contributed by atoms with E-state index in [1.54, 1.807) is 0 Å². The minimum atomic E-state index is -0.720. The second kappa shape index (κ2) is 7.66. The van der Waals surface area contributed by atoms with Crippen molar-refractivity contribution >= 4 is 22.7 Å². The lowest BCUT2D eigenvalue weighted by Crippen LogP contribution is -2.45. The van der Waals surface area contributed by atoms with Crippen LogP contribution in [0.25, 0.3) is 10.9 Å². The zero-order valence-electron chi connectivity index (χ0n) is 13.9. The molecule has 2 aromatic carbocycles. The SMILES string of the molecule is NC(=O)C(Cc1c[nH]c2ccccc12)NC(=O)CCc1ccccc1. The summed E-state index contributed by atoms with van der Waals surface area (Å²) in [6, 6.07) is 16.9. The average molecular weight is 335 g/mol. The van der Waals surface area contributed by atoms with Crippen LogP contribution in [0, 0.1) is 0 Å². The topological polar surface area (TPSA) is 88.0 Å². The molecule has 0 saturated heterocycles. The van der Waals surface area contributed by atoms with Crippen molar-refractivity contribution in [3.8, 4) is 0 Å². The first kappa shape index (κ1) is 16.8. The van der Waals surface area contributed by atoms with Gasteiger partial charge in [0.15, 0.2) is 0 Å². The predicted octanol–water partition coefficient (Wildman–Crippen LogP) is 2.31. The van der Waals surface area contributed by atoms with Gasteiger partial charge < -0.3 is 16.0 Å². The first-order valence-electron chi connectivity index (χ1n) is 8.31. The van der Waals surface area contributed by atoms with E-state index in [-0.39, 0.29) is 5.91 Å². The van der Waals surface area contributed by atoms with Gasteiger partial charge in [0.25, 0.3) is 0 Å². The summed E-state index contributed by atoms with van der Waals surface area (Å²) in [6.07, 6.45) is 3.18. The number of rotatable bonds is 7. The number of hydrogen-bond acceptors (Lipinski definition) is 2. The zero-order chi connectivity index (χ0) is 17.6. The van der Waals surface area contributed by atoms with Gasteiger partial charge in [0.1, 0.15) is 6.04 Å². The summed E-state index contributed by atoms with van der Waals surface area (Å²) in [7, 11) is 0. The van der Waals surface area contributed by atoms with Crippen molar-refractivity contribution in [2.24, 2.45) is 5.73 Å². The maximum Gasteiger partial charge on any atom is 0.240 e. The molecule has 5 nitrogen and oxygen atoms in total. The van der Waals surface area contributed by atoms with E-state index < -0.39 is 11.9 Å². The Morgan fingerprint density at radius 1 is 1.04 bits per heavy atom. The zero-order valence-corrected chi connectivity index (χ0v) is 13.9. The predicted molar refractivity (Wildman–Crippen MR) is 97.9 cm³/mol. The molecule has 1 aromatic heterocycles. The molecule has 5 heteroatoms. The number of nitrogens with one attached hydrogen (secondary N) is 2. The molecule has 0 radical (unpaired) electrons. The van der Waals surface area contributed by atoms with Crippen LogP contribution in [-0.2, 0) is 22.4 Å². The van der Waals surface area contributed by atoms with Crippen LogP contribution in [0.15, 0.2) is 60.8 Å². The van der Waals surface area contributed by atoms with Crippen LogP contribution in [0.1, 0.15) is 17.5 Å². The molecular weight excluding hydrogens is 314 g/mol. The Morgan fingerprint density at radius 2 is 1.76 bits per heavy atom. The highest BCUT2D eigenvalue weighted by Crippen LogP contribution is 2.19. The van der Waals surface area contributed by atoms with E-state index in [0.29, 0.717) is 19.3 Å². The molecule has 0 aliphatic carbocycles. The van der Waals surface area contributed by atoms with Gasteiger partial charge >= 0.3 is 0 Å². The average Bonchev–Trinajstić information content (AvgIpc) is 3.03. The molecule has 0 spiro atoms. The van der Waals surface area contributed by atoms with Crippen LogP contribution in [-0.4, -0.2) is 22.8 Å². The van der Waals surface area contributed by atoms with Crippen molar-refractivity contribution in [3.05, 3.63) is 71.9 Å². The lowest BCUT2D eigenvalue weighted by molar-refractivity contribution is -0.127. The molecule has 0 saturated carbocycles. The van der Waals surface area contributed by atoms with Gasteiger partial charge in [0.2, 0.25) is 11.8 Å². The Hall–Kier alpha value is -3.08. The largest absolute Gasteiger partial charge is 0.368 e. The third kappa shape index (κ3) is 4.26. The fourth-order valence-electron chi connectivity index (χ4n) is 2.91. The lowest BCUT2D eigenvalue weighted by atomic mass is 10.0. The Bertz CT molecular complexity index is 871. The van der Waals surface area contributed by atoms with E-state index in [2.05, 4.69) is 10.3 Å². The Balaban J connectivity index is 1.63. The second-order valence-electron chi connectivity index (χ2n) is 6.07. The van der Waals surface area contributed by atoms with Crippen molar-refractivity contribution in [1.82, 2.24) is 10.3 Å². The molecule has 25 heavy (non-hydrogen) atoms. The van der Waals surface area contributed by atoms with E-state index in [1.165, 1.54) is 0 Å². The molecule has 0 aliphatic heterocycles. The highest BCUT2D eigenvalue weighted by molar-refractivity contribution is 5.88. The molecule has 1 unspecified atom stereocenters. The summed E-state index contributed by atoms with van der Waals surface area (Å²) in [4.78, 5) is 27.1. The Kier molecular flexibility index (Phi) is 5.14. The number of H-pyrrole nitrogens is 1. The number of aromatic nitrogens is 1. The summed E-state index contributed by atoms with van der Waals surface area (Å²) in [5, 5.41) is 3.80. The molecule has 128 valence electrons. The van der Waals surface area contributed by atoms with Crippen LogP contribution < -0.4 is 11.1 Å². The standard InChI is InChI=1S/C20H21N3O2/c21-20(25)18(12-15-13-22-17-9-5-4-8-16(15)17)23-19(24)11-10-14-6-2-1-3-7-14/h1-9,13,18,22H,10-12H2,(H2,21,25)(H,23,24). The van der Waals surface area contributed by atoms with Crippen molar-refractivity contribution in [2.45, 2.75) is 25.3 Å². The molecule has 0 fully saturated rings. The first-order valence-corrected chi connectivity index (χ1v) is 8.31. The Morgan fingerprint density at radius 3 is 2.52 bits per heavy atom. The summed E-state index contributed by atoms with van der Waals surface area (Å²) >= 11 is 0. The molecule has 1 atom stereocenters. The molecule has 3 rings (SSSR count). The fraction of sp³-hybridized carbons (Fsp3) is 0.200. The van der Waals surface area contributed by atoms with E-state index >= 15 is 0 Å². The minimum Gasteiger partial charge on any atom is -0.368 e. The van der Waals surface area contributed by atoms with Crippen molar-refractivity contribution in [1.29, 1.82) is 0 Å². The number of aryl methyl sites for hydroxylation is 1. The summed E-state index contributed by atoms with van der Waals surface area (Å²) in [5.41, 5.74) is 8.53. The number of nitrogens with two attached hydrogens (primary N) is 1. The smallest absolute Gasteiger partial charge is 0.240 e. The highest BCUT2D eigenvalue weighted by atomic mass is 16.2. The molecule has 2 amide bonds. The van der Waals surface area contributed by atoms with Gasteiger partial charge in [0, 0.05) is 29.9 Å². The molecule has 4 N–H and O–H groups in total. The van der Waals surface area contributed by atoms with Gasteiger partial charge in [-0.1, -0.05) is 48.5 Å². The van der Waals surface area contributed by atoms with Gasteiger partial charge in [-0.05, 0) is 23.6 Å². The monoisotopic (exact) mass is 335 g/mol. The number of amides is 2. The summed E-state index contributed by atoms with van der Waals surface area (Å²) < 4.78 is 0. The van der Waals surface area contributed by atoms with Crippen LogP contribution in [0.2, 0.25) is 0 Å². The molecule has 0 aliphatic rings. The molecule has 0 bridgehead atoms. The van der Waals surface area contributed by atoms with Crippen molar-refractivity contribution in [3.63, 3.8) is 0 Å². The van der Waals surface area contributed by atoms with Crippen molar-refractivity contribution in [2.75, 3.05) is 0 Å². The number of hydrogen-bond donors (Lipinski definition) is 3. The van der Waals surface area contributed by atoms with Crippen LogP contribution in [0.3, 0.4) is 0 Å². The van der Waals surface area contributed by atoms with Gasteiger partial charge in [-0.2, -0.15) is 0 Å². The number of para-hydroxylation sites is 1.